The van der Waals surface area contributed by atoms with Crippen molar-refractivity contribution in [1.29, 1.82) is 0 Å². The average molecular weight is 326 g/mol. The summed E-state index contributed by atoms with van der Waals surface area (Å²) < 4.78 is 11.0. The first-order valence-electron chi connectivity index (χ1n) is 8.61. The van der Waals surface area contributed by atoms with E-state index >= 15 is 0 Å². The second-order valence-electron chi connectivity index (χ2n) is 6.03. The van der Waals surface area contributed by atoms with Crippen molar-refractivity contribution >= 4 is 0 Å². The number of para-hydroxylation sites is 2. The van der Waals surface area contributed by atoms with Gasteiger partial charge in [0.1, 0.15) is 11.5 Å². The summed E-state index contributed by atoms with van der Waals surface area (Å²) >= 11 is 0. The fourth-order valence-corrected chi connectivity index (χ4v) is 3.28. The molecule has 128 valence electrons. The molecule has 4 heteroatoms. The first-order valence-corrected chi connectivity index (χ1v) is 8.61. The van der Waals surface area contributed by atoms with Crippen LogP contribution in [0.1, 0.15) is 36.1 Å². The lowest BCUT2D eigenvalue weighted by Crippen LogP contribution is -2.23. The molecule has 4 rings (SSSR count). The van der Waals surface area contributed by atoms with E-state index in [1.807, 2.05) is 38.4 Å². The Morgan fingerprint density at radius 1 is 0.708 bits per heavy atom. The van der Waals surface area contributed by atoms with Gasteiger partial charge in [-0.3, -0.25) is 0 Å². The van der Waals surface area contributed by atoms with Crippen LogP contribution in [-0.4, -0.2) is 27.3 Å². The van der Waals surface area contributed by atoms with Crippen LogP contribution >= 0.6 is 0 Å². The van der Waals surface area contributed by atoms with Gasteiger partial charge in [0, 0.05) is 36.1 Å². The van der Waals surface area contributed by atoms with Gasteiger partial charge < -0.3 is 20.1 Å². The van der Waals surface area contributed by atoms with Crippen molar-refractivity contribution in [2.45, 2.75) is 24.9 Å². The molecule has 4 nitrogen and oxygen atoms in total. The summed E-state index contributed by atoms with van der Waals surface area (Å²) in [4.78, 5) is 0. The highest BCUT2D eigenvalue weighted by Gasteiger charge is 2.19. The zero-order valence-corrected chi connectivity index (χ0v) is 14.4. The maximum absolute atomic E-state index is 5.52. The minimum absolute atomic E-state index is 0.468. The Bertz CT molecular complexity index is 602. The largest absolute Gasteiger partial charge is 0.493 e. The summed E-state index contributed by atoms with van der Waals surface area (Å²) in [5, 5.41) is 6.56. The monoisotopic (exact) mass is 326 g/mol. The Kier molecular flexibility index (Phi) is 5.72. The van der Waals surface area contributed by atoms with Gasteiger partial charge in [-0.1, -0.05) is 36.4 Å². The van der Waals surface area contributed by atoms with Crippen molar-refractivity contribution in [1.82, 2.24) is 10.6 Å². The first kappa shape index (κ1) is 16.8. The number of benzene rings is 2. The molecule has 0 aliphatic carbocycles. The maximum Gasteiger partial charge on any atom is 0.124 e. The van der Waals surface area contributed by atoms with Gasteiger partial charge in [-0.05, 0) is 26.2 Å². The Balaban J connectivity index is 0.000000141. The smallest absolute Gasteiger partial charge is 0.124 e. The highest BCUT2D eigenvalue weighted by Crippen LogP contribution is 2.31. The van der Waals surface area contributed by atoms with Crippen LogP contribution in [0.15, 0.2) is 48.5 Å². The van der Waals surface area contributed by atoms with E-state index in [-0.39, 0.29) is 0 Å². The van der Waals surface area contributed by atoms with Crippen LogP contribution in [-0.2, 0) is 0 Å². The second kappa shape index (κ2) is 8.18. The Hall–Kier alpha value is -2.04. The molecule has 0 unspecified atom stereocenters. The van der Waals surface area contributed by atoms with Crippen molar-refractivity contribution in [3.05, 3.63) is 59.7 Å². The molecule has 0 amide bonds. The lowest BCUT2D eigenvalue weighted by Gasteiger charge is -2.25. The van der Waals surface area contributed by atoms with E-state index in [0.717, 1.165) is 37.6 Å². The van der Waals surface area contributed by atoms with E-state index in [2.05, 4.69) is 34.9 Å². The molecule has 0 fully saturated rings. The zero-order valence-electron chi connectivity index (χ0n) is 14.4. The summed E-state index contributed by atoms with van der Waals surface area (Å²) in [6, 6.07) is 17.4. The molecule has 0 aromatic heterocycles. The Morgan fingerprint density at radius 2 is 1.12 bits per heavy atom. The minimum atomic E-state index is 0.468. The summed E-state index contributed by atoms with van der Waals surface area (Å²) in [5.41, 5.74) is 2.57. The van der Waals surface area contributed by atoms with Crippen LogP contribution < -0.4 is 20.1 Å². The molecule has 2 atom stereocenters. The molecule has 0 radical (unpaired) electrons. The third kappa shape index (κ3) is 3.71. The molecule has 0 saturated heterocycles. The minimum Gasteiger partial charge on any atom is -0.493 e. The van der Waals surface area contributed by atoms with Gasteiger partial charge in [0.2, 0.25) is 0 Å². The van der Waals surface area contributed by atoms with Gasteiger partial charge in [0.05, 0.1) is 13.2 Å². The van der Waals surface area contributed by atoms with Crippen LogP contribution in [0.2, 0.25) is 0 Å². The topological polar surface area (TPSA) is 42.5 Å². The summed E-state index contributed by atoms with van der Waals surface area (Å²) in [5.74, 6) is 2.06. The molecule has 24 heavy (non-hydrogen) atoms. The predicted molar refractivity (Wildman–Crippen MR) is 96.7 cm³/mol. The molecule has 2 aliphatic rings. The molecule has 0 spiro atoms. The lowest BCUT2D eigenvalue weighted by molar-refractivity contribution is 0.257. The molecule has 2 heterocycles. The van der Waals surface area contributed by atoms with E-state index in [1.165, 1.54) is 11.1 Å². The van der Waals surface area contributed by atoms with Gasteiger partial charge in [0.25, 0.3) is 0 Å². The maximum atomic E-state index is 5.52. The van der Waals surface area contributed by atoms with Crippen LogP contribution in [0, 0.1) is 0 Å². The quantitative estimate of drug-likeness (QED) is 0.887. The molecule has 2 N–H and O–H groups in total. The Labute approximate surface area is 144 Å². The molecule has 2 aliphatic heterocycles. The highest BCUT2D eigenvalue weighted by molar-refractivity contribution is 5.38. The van der Waals surface area contributed by atoms with E-state index in [0.29, 0.717) is 12.1 Å². The number of rotatable bonds is 2. The van der Waals surface area contributed by atoms with Gasteiger partial charge >= 0.3 is 0 Å². The normalized spacial score (nSPS) is 21.2. The fourth-order valence-electron chi connectivity index (χ4n) is 3.28. The highest BCUT2D eigenvalue weighted by atomic mass is 16.5. The summed E-state index contributed by atoms with van der Waals surface area (Å²) in [6.07, 6.45) is 2.13. The standard InChI is InChI=1S/2C10H13NO/c2*1-11-9-6-7-12-10-5-3-2-4-8(9)10/h2*2-5,9,11H,6-7H2,1H3/t2*9-/m10/s1. The molecular weight excluding hydrogens is 300 g/mol. The van der Waals surface area contributed by atoms with Gasteiger partial charge in [-0.2, -0.15) is 0 Å². The van der Waals surface area contributed by atoms with Gasteiger partial charge in [-0.15, -0.1) is 0 Å². The molecular formula is C20H26N2O2. The van der Waals surface area contributed by atoms with E-state index in [9.17, 15) is 0 Å². The van der Waals surface area contributed by atoms with Crippen molar-refractivity contribution in [3.63, 3.8) is 0 Å². The SMILES string of the molecule is CN[C@@H]1CCOc2ccccc21.CN[C@H]1CCOc2ccccc21. The third-order valence-corrected chi connectivity index (χ3v) is 4.61. The van der Waals surface area contributed by atoms with Gasteiger partial charge in [-0.25, -0.2) is 0 Å². The number of hydrogen-bond acceptors (Lipinski definition) is 4. The average Bonchev–Trinajstić information content (AvgIpc) is 2.67. The molecule has 2 aromatic rings. The summed E-state index contributed by atoms with van der Waals surface area (Å²) in [7, 11) is 3.99. The fraction of sp³-hybridized carbons (Fsp3) is 0.400. The lowest BCUT2D eigenvalue weighted by atomic mass is 10.0. The van der Waals surface area contributed by atoms with Crippen molar-refractivity contribution in [2.24, 2.45) is 0 Å². The van der Waals surface area contributed by atoms with E-state index in [1.54, 1.807) is 0 Å². The van der Waals surface area contributed by atoms with Gasteiger partial charge in [0.15, 0.2) is 0 Å². The molecule has 0 bridgehead atoms. The van der Waals surface area contributed by atoms with E-state index in [4.69, 9.17) is 9.47 Å². The second-order valence-corrected chi connectivity index (χ2v) is 6.03. The number of fused-ring (bicyclic) bond motifs is 2. The van der Waals surface area contributed by atoms with Crippen LogP contribution in [0.5, 0.6) is 11.5 Å². The van der Waals surface area contributed by atoms with Crippen LogP contribution in [0.3, 0.4) is 0 Å². The predicted octanol–water partition coefficient (Wildman–Crippen LogP) is 3.46. The number of ether oxygens (including phenoxy) is 2. The summed E-state index contributed by atoms with van der Waals surface area (Å²) in [6.45, 7) is 1.64. The van der Waals surface area contributed by atoms with Crippen molar-refractivity contribution in [2.75, 3.05) is 27.3 Å². The number of nitrogens with one attached hydrogen (secondary N) is 2. The van der Waals surface area contributed by atoms with Crippen molar-refractivity contribution in [3.8, 4) is 11.5 Å². The molecule has 2 aromatic carbocycles. The van der Waals surface area contributed by atoms with Crippen LogP contribution in [0.25, 0.3) is 0 Å². The first-order chi connectivity index (χ1) is 11.8. The van der Waals surface area contributed by atoms with Crippen molar-refractivity contribution < 1.29 is 9.47 Å². The molecule has 0 saturated carbocycles. The Morgan fingerprint density at radius 3 is 1.54 bits per heavy atom. The number of hydrogen-bond donors (Lipinski definition) is 2. The van der Waals surface area contributed by atoms with Crippen LogP contribution in [0.4, 0.5) is 0 Å². The third-order valence-electron chi connectivity index (χ3n) is 4.61. The van der Waals surface area contributed by atoms with E-state index < -0.39 is 0 Å². The zero-order chi connectivity index (χ0) is 16.8.